The van der Waals surface area contributed by atoms with Crippen molar-refractivity contribution in [2.45, 2.75) is 211 Å². The number of carbonyl (C=O) groups excluding carboxylic acids is 2. The number of carbonyl (C=O) groups is 2. The van der Waals surface area contributed by atoms with E-state index in [9.17, 15) is 35.1 Å². The predicted octanol–water partition coefficient (Wildman–Crippen LogP) is 2.95. The third-order valence-electron chi connectivity index (χ3n) is 16.4. The molecule has 3 aliphatic rings. The molecule has 0 radical (unpaired) electrons. The zero-order chi connectivity index (χ0) is 55.2. The molecule has 4 heterocycles. The molecule has 0 unspecified atom stereocenters. The summed E-state index contributed by atoms with van der Waals surface area (Å²) in [7, 11) is 9.01. The Hall–Kier alpha value is -3.26. The molecule has 1 aromatic carbocycles. The highest BCUT2D eigenvalue weighted by molar-refractivity contribution is 5.74. The number of hydroxylamine groups is 1. The number of hydrogen-bond donors (Lipinski definition) is 7. The maximum atomic E-state index is 14.6. The number of nitrogens with one attached hydrogen (secondary N) is 1. The van der Waals surface area contributed by atoms with Gasteiger partial charge in [0.05, 0.1) is 42.1 Å². The molecule has 21 heteroatoms. The molecule has 18 atom stereocenters. The van der Waals surface area contributed by atoms with E-state index in [4.69, 9.17) is 33.6 Å². The van der Waals surface area contributed by atoms with Gasteiger partial charge in [0.25, 0.3) is 0 Å². The summed E-state index contributed by atoms with van der Waals surface area (Å²) in [4.78, 5) is 31.9. The fraction of sp³-hybridized carbons (Fsp3) is 0.811. The minimum absolute atomic E-state index is 0.0152. The van der Waals surface area contributed by atoms with E-state index in [-0.39, 0.29) is 50.3 Å². The summed E-state index contributed by atoms with van der Waals surface area (Å²) in [5.74, 6) is -3.30. The van der Waals surface area contributed by atoms with Gasteiger partial charge in [-0.05, 0) is 114 Å². The molecule has 0 bridgehead atoms. The third-order valence-corrected chi connectivity index (χ3v) is 16.4. The average Bonchev–Trinajstić information content (AvgIpc) is 3.81. The van der Waals surface area contributed by atoms with Crippen LogP contribution >= 0.6 is 0 Å². The van der Waals surface area contributed by atoms with E-state index >= 15 is 0 Å². The number of aromatic nitrogens is 3. The first-order valence-corrected chi connectivity index (χ1v) is 26.4. The second-order valence-corrected chi connectivity index (χ2v) is 22.9. The first-order valence-electron chi connectivity index (χ1n) is 26.4. The number of amides is 1. The lowest BCUT2D eigenvalue weighted by molar-refractivity contribution is -0.339. The quantitative estimate of drug-likeness (QED) is 0.0724. The van der Waals surface area contributed by atoms with Gasteiger partial charge in [0.2, 0.25) is 5.91 Å². The number of aliphatic hydroxyl groups excluding tert-OH is 2. The lowest BCUT2D eigenvalue weighted by atomic mass is 9.75. The topological polar surface area (TPSA) is 263 Å². The van der Waals surface area contributed by atoms with Crippen molar-refractivity contribution < 1.29 is 68.8 Å². The molecule has 0 saturated carbocycles. The highest BCUT2D eigenvalue weighted by atomic mass is 16.7. The summed E-state index contributed by atoms with van der Waals surface area (Å²) in [6.07, 6.45) is -5.82. The van der Waals surface area contributed by atoms with E-state index in [1.807, 2.05) is 87.9 Å². The van der Waals surface area contributed by atoms with E-state index in [1.165, 1.54) is 14.0 Å². The zero-order valence-corrected chi connectivity index (χ0v) is 46.7. The van der Waals surface area contributed by atoms with Gasteiger partial charge in [0, 0.05) is 69.7 Å². The van der Waals surface area contributed by atoms with E-state index < -0.39 is 101 Å². The predicted molar refractivity (Wildman–Crippen MR) is 274 cm³/mol. The largest absolute Gasteiger partial charge is 0.459 e. The van der Waals surface area contributed by atoms with Crippen molar-refractivity contribution in [2.75, 3.05) is 48.4 Å². The fourth-order valence-electron chi connectivity index (χ4n) is 11.6. The van der Waals surface area contributed by atoms with Gasteiger partial charge in [0.1, 0.15) is 40.8 Å². The van der Waals surface area contributed by atoms with Gasteiger partial charge in [-0.2, -0.15) is 0 Å². The molecule has 1 amide bonds. The number of benzene rings is 1. The van der Waals surface area contributed by atoms with Crippen molar-refractivity contribution in [3.63, 3.8) is 0 Å². The highest BCUT2D eigenvalue weighted by Crippen LogP contribution is 2.44. The number of methoxy groups -OCH3 is 1. The monoisotopic (exact) mass is 1050 g/mol. The Morgan fingerprint density at radius 1 is 0.973 bits per heavy atom. The number of aliphatic hydroxyl groups is 5. The van der Waals surface area contributed by atoms with Crippen LogP contribution in [0.25, 0.3) is 11.3 Å². The van der Waals surface area contributed by atoms with Crippen LogP contribution in [0.2, 0.25) is 0 Å². The van der Waals surface area contributed by atoms with Gasteiger partial charge in [-0.1, -0.05) is 50.3 Å². The van der Waals surface area contributed by atoms with Crippen LogP contribution in [-0.2, 0) is 51.1 Å². The molecule has 2 aromatic rings. The van der Waals surface area contributed by atoms with Gasteiger partial charge in [-0.25, -0.2) is 5.48 Å². The standard InChI is InChI=1S/C53H91N7O14/c1-16-41-52(10,66)46(63)35(6)59(14)27-31(2)25-50(8,65)47(74-49-44(62)40(57(11)12)24-32(3)70-49)33(4)45(34(5)48(64)72-41)73-43-26-51(9,69-15)53(67,36(7)71-43)30-58(13)28-37-19-21-38(22-20-37)39-29-60(56-54-39)23-17-18-42(61)55-68/h19-22,29,31-36,40-41,43-47,49,62-63,65-68H,16-18,23-28,30H2,1-15H3,(H,55,61)/t31-,32-,33-,34-,35-,36-,40+,41+,43-,44-,45+,46-,47-,49+,50-,51+,52-,53-/m1/s1. The number of rotatable bonds is 16. The molecule has 422 valence electrons. The minimum atomic E-state index is -1.86. The minimum Gasteiger partial charge on any atom is -0.459 e. The van der Waals surface area contributed by atoms with Gasteiger partial charge >= 0.3 is 5.97 Å². The van der Waals surface area contributed by atoms with E-state index in [1.54, 1.807) is 57.9 Å². The molecular weight excluding hydrogens is 959 g/mol. The molecule has 21 nitrogen and oxygen atoms in total. The van der Waals surface area contributed by atoms with Crippen molar-refractivity contribution in [3.05, 3.63) is 36.0 Å². The molecule has 7 N–H and O–H groups in total. The van der Waals surface area contributed by atoms with Crippen LogP contribution in [0, 0.1) is 17.8 Å². The van der Waals surface area contributed by atoms with E-state index in [2.05, 4.69) is 10.3 Å². The molecule has 0 aliphatic carbocycles. The maximum absolute atomic E-state index is 14.6. The van der Waals surface area contributed by atoms with Crippen LogP contribution in [0.4, 0.5) is 0 Å². The number of hydrogen-bond acceptors (Lipinski definition) is 19. The normalized spacial score (nSPS) is 39.4. The first-order chi connectivity index (χ1) is 34.5. The van der Waals surface area contributed by atoms with Crippen LogP contribution in [0.3, 0.4) is 0 Å². The SMILES string of the molecule is CC[C@@H]1OC(=O)[C@H](C)[C@@H](O[C@@H]2C[C@](C)(OC)[C@@](O)(CN(C)Cc3ccc(-c4cn(CCCC(=O)NO)nn4)cc3)[C@@H](C)O2)[C@@H](C)[C@@H](O[C@@H]2O[C@H](C)C[C@H](N(C)C)[C@H]2O)[C@](C)(O)C[C@@H](C)CN(C)[C@H](C)[C@@H](O)[C@]1(C)O. The molecular formula is C53H91N7O14. The van der Waals surface area contributed by atoms with Crippen LogP contribution in [-0.4, -0.2) is 210 Å². The van der Waals surface area contributed by atoms with Gasteiger partial charge in [0.15, 0.2) is 12.6 Å². The van der Waals surface area contributed by atoms with Gasteiger partial charge < -0.3 is 63.8 Å². The summed E-state index contributed by atoms with van der Waals surface area (Å²) >= 11 is 0. The Bertz CT molecular complexity index is 2100. The number of likely N-dealkylation sites (N-methyl/N-ethyl adjacent to an activating group) is 3. The molecule has 0 spiro atoms. The number of nitrogens with zero attached hydrogens (tertiary/aromatic N) is 6. The van der Waals surface area contributed by atoms with Crippen molar-refractivity contribution in [2.24, 2.45) is 17.8 Å². The highest BCUT2D eigenvalue weighted by Gasteiger charge is 2.59. The summed E-state index contributed by atoms with van der Waals surface area (Å²) < 4.78 is 40.8. The van der Waals surface area contributed by atoms with E-state index in [0.717, 1.165) is 11.1 Å². The summed E-state index contributed by atoms with van der Waals surface area (Å²) in [5, 5.41) is 78.2. The summed E-state index contributed by atoms with van der Waals surface area (Å²) in [6, 6.07) is 6.94. The molecule has 3 fully saturated rings. The van der Waals surface area contributed by atoms with Gasteiger partial charge in [-0.15, -0.1) is 5.10 Å². The molecule has 3 aliphatic heterocycles. The molecule has 3 saturated heterocycles. The number of aryl methyl sites for hydroxylation is 1. The summed E-state index contributed by atoms with van der Waals surface area (Å²) in [6.45, 7) is 19.1. The first kappa shape index (κ1) is 61.6. The van der Waals surface area contributed by atoms with Crippen molar-refractivity contribution in [3.8, 4) is 11.3 Å². The Kier molecular flexibility index (Phi) is 21.2. The maximum Gasteiger partial charge on any atom is 0.311 e. The second kappa shape index (κ2) is 25.5. The van der Waals surface area contributed by atoms with Crippen molar-refractivity contribution >= 4 is 11.9 Å². The molecule has 74 heavy (non-hydrogen) atoms. The fourth-order valence-corrected chi connectivity index (χ4v) is 11.6. The number of ether oxygens (including phenoxy) is 6. The van der Waals surface area contributed by atoms with Crippen LogP contribution < -0.4 is 5.48 Å². The Balaban J connectivity index is 1.43. The van der Waals surface area contributed by atoms with Crippen molar-refractivity contribution in [1.82, 2.24) is 35.2 Å². The van der Waals surface area contributed by atoms with Crippen molar-refractivity contribution in [1.29, 1.82) is 0 Å². The number of cyclic esters (lactones) is 1. The second-order valence-electron chi connectivity index (χ2n) is 22.9. The zero-order valence-electron chi connectivity index (χ0n) is 46.7. The number of esters is 1. The summed E-state index contributed by atoms with van der Waals surface area (Å²) in [5.41, 5.74) is -2.23. The smallest absolute Gasteiger partial charge is 0.311 e. The Morgan fingerprint density at radius 3 is 2.24 bits per heavy atom. The van der Waals surface area contributed by atoms with Crippen LogP contribution in [0.15, 0.2) is 30.5 Å². The van der Waals surface area contributed by atoms with Gasteiger partial charge in [-0.3, -0.25) is 24.4 Å². The van der Waals surface area contributed by atoms with Crippen LogP contribution in [0.5, 0.6) is 0 Å². The van der Waals surface area contributed by atoms with Crippen LogP contribution in [0.1, 0.15) is 113 Å². The lowest BCUT2D eigenvalue weighted by Crippen LogP contribution is -2.70. The molecule has 5 rings (SSSR count). The third kappa shape index (κ3) is 14.3. The lowest BCUT2D eigenvalue weighted by Gasteiger charge is -2.54. The van der Waals surface area contributed by atoms with E-state index in [0.29, 0.717) is 38.2 Å². The molecule has 1 aromatic heterocycles. The average molecular weight is 1050 g/mol. The Morgan fingerprint density at radius 2 is 1.64 bits per heavy atom. The Labute approximate surface area is 438 Å².